The van der Waals surface area contributed by atoms with E-state index in [1.54, 1.807) is 0 Å². The molecule has 5 heavy (non-hydrogen) atoms. The second-order valence-corrected chi connectivity index (χ2v) is 0.440. The van der Waals surface area contributed by atoms with Gasteiger partial charge >= 0.3 is 29.6 Å². The normalized spacial score (nSPS) is 5.00. The predicted octanol–water partition coefficient (Wildman–Crippen LogP) is -3.10. The Kier molecular flexibility index (Phi) is 7.96. The first-order chi connectivity index (χ1) is 1.73. The average Bonchev–Trinajstić information content (AvgIpc) is 0.811. The van der Waals surface area contributed by atoms with Crippen molar-refractivity contribution < 1.29 is 34.5 Å². The van der Waals surface area contributed by atoms with Crippen LogP contribution in [0.4, 0.5) is 0 Å². The fourth-order valence-corrected chi connectivity index (χ4v) is 0. The molecule has 0 aromatic carbocycles. The van der Waals surface area contributed by atoms with E-state index in [-0.39, 0.29) is 29.6 Å². The number of rotatable bonds is 0. The Morgan fingerprint density at radius 2 is 1.80 bits per heavy atom. The fourth-order valence-electron chi connectivity index (χ4n) is 0. The van der Waals surface area contributed by atoms with Gasteiger partial charge in [-0.3, -0.25) is 10.1 Å². The molecule has 0 unspecified atom stereocenters. The molecule has 0 saturated heterocycles. The van der Waals surface area contributed by atoms with E-state index in [4.69, 9.17) is 10.1 Å². The summed E-state index contributed by atoms with van der Waals surface area (Å²) < 4.78 is 0. The Balaban J connectivity index is 0. The number of hydrogen-bond donors (Lipinski definition) is 0. The van der Waals surface area contributed by atoms with Gasteiger partial charge in [-0.1, -0.05) is 0 Å². The van der Waals surface area contributed by atoms with E-state index in [1.807, 2.05) is 0 Å². The van der Waals surface area contributed by atoms with Gasteiger partial charge in [0.15, 0.2) is 7.05 Å². The van der Waals surface area contributed by atoms with E-state index in [0.29, 0.717) is 0 Å². The first-order valence-electron chi connectivity index (χ1n) is 0.812. The van der Waals surface area contributed by atoms with E-state index in [2.05, 4.69) is 0 Å². The molecule has 0 aliphatic heterocycles. The minimum atomic E-state index is -0.500. The Morgan fingerprint density at radius 1 is 1.80 bits per heavy atom. The van der Waals surface area contributed by atoms with Crippen molar-refractivity contribution >= 4 is 0 Å². The van der Waals surface area contributed by atoms with Gasteiger partial charge in [-0.15, -0.1) is 0 Å². The van der Waals surface area contributed by atoms with Crippen LogP contribution in [-0.2, 0) is 0 Å². The maximum absolute atomic E-state index is 8.81. The molecule has 0 atom stereocenters. The zero-order valence-electron chi connectivity index (χ0n) is 3.26. The molecule has 0 aliphatic rings. The van der Waals surface area contributed by atoms with Gasteiger partial charge in [0.2, 0.25) is 0 Å². The maximum Gasteiger partial charge on any atom is 1.00 e. The summed E-state index contributed by atoms with van der Waals surface area (Å²) in [5.41, 5.74) is 0. The van der Waals surface area contributed by atoms with Crippen LogP contribution in [0.5, 0.6) is 0 Å². The van der Waals surface area contributed by atoms with Gasteiger partial charge in [-0.25, -0.2) is 0 Å². The van der Waals surface area contributed by atoms with Gasteiger partial charge in [0, 0.05) is 4.92 Å². The summed E-state index contributed by atoms with van der Waals surface area (Å²) in [5, 5.41) is 8.81. The molecular formula is CH3NNaO2+. The molecule has 0 aliphatic carbocycles. The largest absolute Gasteiger partial charge is 1.00 e. The van der Waals surface area contributed by atoms with Crippen molar-refractivity contribution in [3.8, 4) is 0 Å². The summed E-state index contributed by atoms with van der Waals surface area (Å²) >= 11 is 0. The quantitative estimate of drug-likeness (QED) is 0.177. The summed E-state index contributed by atoms with van der Waals surface area (Å²) in [4.78, 5) is 8.31. The summed E-state index contributed by atoms with van der Waals surface area (Å²) in [5.74, 6) is 0. The third kappa shape index (κ3) is 158. The SMILES string of the molecule is C[N+](=O)[O-].[Na+]. The molecule has 0 rings (SSSR count). The van der Waals surface area contributed by atoms with Gasteiger partial charge < -0.3 is 0 Å². The van der Waals surface area contributed by atoms with E-state index < -0.39 is 4.92 Å². The molecule has 0 bridgehead atoms. The third-order valence-electron chi connectivity index (χ3n) is 0. The summed E-state index contributed by atoms with van der Waals surface area (Å²) in [6.07, 6.45) is 0. The van der Waals surface area contributed by atoms with Crippen LogP contribution in [0.1, 0.15) is 0 Å². The van der Waals surface area contributed by atoms with Gasteiger partial charge in [0.25, 0.3) is 0 Å². The second-order valence-electron chi connectivity index (χ2n) is 0.440. The fraction of sp³-hybridized carbons (Fsp3) is 1.00. The van der Waals surface area contributed by atoms with Crippen molar-refractivity contribution in [3.05, 3.63) is 10.1 Å². The minimum absolute atomic E-state index is 0. The van der Waals surface area contributed by atoms with Crippen LogP contribution in [0, 0.1) is 10.1 Å². The van der Waals surface area contributed by atoms with Crippen molar-refractivity contribution in [2.75, 3.05) is 7.05 Å². The van der Waals surface area contributed by atoms with Crippen LogP contribution >= 0.6 is 0 Å². The first-order valence-corrected chi connectivity index (χ1v) is 0.812. The molecular weight excluding hydrogens is 81.0 g/mol. The van der Waals surface area contributed by atoms with Crippen molar-refractivity contribution in [2.45, 2.75) is 0 Å². The summed E-state index contributed by atoms with van der Waals surface area (Å²) in [6, 6.07) is 0. The molecule has 4 heteroatoms. The topological polar surface area (TPSA) is 43.1 Å². The molecule has 0 N–H and O–H groups in total. The first kappa shape index (κ1) is 9.04. The molecule has 0 fully saturated rings. The maximum atomic E-state index is 8.81. The Morgan fingerprint density at radius 3 is 1.80 bits per heavy atom. The van der Waals surface area contributed by atoms with Gasteiger partial charge in [0.1, 0.15) is 0 Å². The Labute approximate surface area is 51.8 Å². The van der Waals surface area contributed by atoms with Gasteiger partial charge in [-0.2, -0.15) is 0 Å². The molecule has 0 aromatic heterocycles. The van der Waals surface area contributed by atoms with Crippen molar-refractivity contribution in [2.24, 2.45) is 0 Å². The number of nitro groups is 1. The van der Waals surface area contributed by atoms with Crippen LogP contribution < -0.4 is 29.6 Å². The Bertz CT molecular complexity index is 32.6. The van der Waals surface area contributed by atoms with E-state index >= 15 is 0 Å². The van der Waals surface area contributed by atoms with Crippen molar-refractivity contribution in [1.82, 2.24) is 0 Å². The molecule has 0 aromatic rings. The van der Waals surface area contributed by atoms with Crippen LogP contribution in [0.15, 0.2) is 0 Å². The molecule has 0 heterocycles. The molecule has 24 valence electrons. The van der Waals surface area contributed by atoms with E-state index in [9.17, 15) is 0 Å². The van der Waals surface area contributed by atoms with Crippen molar-refractivity contribution in [3.63, 3.8) is 0 Å². The molecule has 0 radical (unpaired) electrons. The predicted molar refractivity (Wildman–Crippen MR) is 12.9 cm³/mol. The van der Waals surface area contributed by atoms with Gasteiger partial charge in [-0.05, 0) is 0 Å². The molecule has 0 spiro atoms. The standard InChI is InChI=1S/CH3NO2.Na/c1-2(3)4;/h1H3;/q;+1. The third-order valence-corrected chi connectivity index (χ3v) is 0. The van der Waals surface area contributed by atoms with Crippen LogP contribution in [0.25, 0.3) is 0 Å². The zero-order chi connectivity index (χ0) is 3.58. The van der Waals surface area contributed by atoms with Gasteiger partial charge in [0.05, 0.1) is 0 Å². The number of hydrogen-bond acceptors (Lipinski definition) is 2. The molecule has 0 saturated carbocycles. The summed E-state index contributed by atoms with van der Waals surface area (Å²) in [6.45, 7) is 0. The summed E-state index contributed by atoms with van der Waals surface area (Å²) in [7, 11) is 0.889. The van der Waals surface area contributed by atoms with Crippen LogP contribution in [0.2, 0.25) is 0 Å². The monoisotopic (exact) mass is 84.0 g/mol. The number of nitrogens with zero attached hydrogens (tertiary/aromatic N) is 1. The minimum Gasteiger partial charge on any atom is -0.265 e. The average molecular weight is 84.0 g/mol. The van der Waals surface area contributed by atoms with Crippen LogP contribution in [-0.4, -0.2) is 12.0 Å². The molecule has 0 amide bonds. The smallest absolute Gasteiger partial charge is 0.265 e. The second kappa shape index (κ2) is 4.40. The van der Waals surface area contributed by atoms with E-state index in [0.717, 1.165) is 7.05 Å². The zero-order valence-corrected chi connectivity index (χ0v) is 5.26. The van der Waals surface area contributed by atoms with Crippen LogP contribution in [0.3, 0.4) is 0 Å². The van der Waals surface area contributed by atoms with Crippen molar-refractivity contribution in [1.29, 1.82) is 0 Å². The molecule has 3 nitrogen and oxygen atoms in total. The van der Waals surface area contributed by atoms with E-state index in [1.165, 1.54) is 0 Å². The Hall–Kier alpha value is 0.400.